The maximum Gasteiger partial charge on any atom is 0.277 e. The monoisotopic (exact) mass is 493 g/mol. The molecule has 0 amide bonds. The normalized spacial score (nSPS) is 12.1. The number of aryl methyl sites for hydroxylation is 2. The molecule has 0 aliphatic carbocycles. The van der Waals surface area contributed by atoms with E-state index in [9.17, 15) is 23.4 Å². The molecular weight excluding hydrogens is 462 g/mol. The lowest BCUT2D eigenvalue weighted by Gasteiger charge is -2.22. The van der Waals surface area contributed by atoms with Gasteiger partial charge >= 0.3 is 0 Å². The maximum absolute atomic E-state index is 13.4. The molecule has 11 nitrogen and oxygen atoms in total. The molecule has 0 spiro atoms. The number of aromatic amines is 1. The van der Waals surface area contributed by atoms with Crippen LogP contribution < -0.4 is 10.3 Å². The SMILES string of the molecule is CCOc1ccc(S(=O)(=O)N(CCCO)CCCO)cc1-c1nc2c(CC)nn(C)c2c(=O)[nH]1. The minimum absolute atomic E-state index is 0.00789. The van der Waals surface area contributed by atoms with Crippen LogP contribution in [0.25, 0.3) is 22.4 Å². The first kappa shape index (κ1) is 25.8. The third-order valence-electron chi connectivity index (χ3n) is 5.37. The van der Waals surface area contributed by atoms with Gasteiger partial charge in [-0.25, -0.2) is 13.4 Å². The summed E-state index contributed by atoms with van der Waals surface area (Å²) in [4.78, 5) is 20.2. The number of nitrogens with one attached hydrogen (secondary N) is 1. The Kier molecular flexibility index (Phi) is 8.42. The zero-order chi connectivity index (χ0) is 24.9. The van der Waals surface area contributed by atoms with E-state index in [1.54, 1.807) is 14.0 Å². The Morgan fingerprint density at radius 3 is 2.41 bits per heavy atom. The first-order chi connectivity index (χ1) is 16.3. The van der Waals surface area contributed by atoms with E-state index in [4.69, 9.17) is 4.74 Å². The van der Waals surface area contributed by atoms with Crippen molar-refractivity contribution in [3.8, 4) is 17.1 Å². The number of rotatable bonds is 12. The molecule has 34 heavy (non-hydrogen) atoms. The predicted octanol–water partition coefficient (Wildman–Crippen LogP) is 1.04. The van der Waals surface area contributed by atoms with Gasteiger partial charge in [0.05, 0.1) is 22.8 Å². The summed E-state index contributed by atoms with van der Waals surface area (Å²) in [6.45, 7) is 3.95. The van der Waals surface area contributed by atoms with Gasteiger partial charge in [0, 0.05) is 33.4 Å². The van der Waals surface area contributed by atoms with E-state index in [1.165, 1.54) is 27.2 Å². The van der Waals surface area contributed by atoms with Crippen molar-refractivity contribution in [2.75, 3.05) is 32.9 Å². The van der Waals surface area contributed by atoms with E-state index in [1.807, 2.05) is 6.92 Å². The highest BCUT2D eigenvalue weighted by atomic mass is 32.2. The third kappa shape index (κ3) is 5.14. The first-order valence-electron chi connectivity index (χ1n) is 11.2. The van der Waals surface area contributed by atoms with Crippen LogP contribution in [0.15, 0.2) is 27.9 Å². The number of aliphatic hydroxyl groups is 2. The number of nitrogens with zero attached hydrogens (tertiary/aromatic N) is 4. The van der Waals surface area contributed by atoms with E-state index < -0.39 is 15.6 Å². The van der Waals surface area contributed by atoms with Crippen LogP contribution in [0.2, 0.25) is 0 Å². The molecule has 0 saturated heterocycles. The van der Waals surface area contributed by atoms with Gasteiger partial charge in [-0.15, -0.1) is 0 Å². The maximum atomic E-state index is 13.4. The molecule has 186 valence electrons. The van der Waals surface area contributed by atoms with Crippen LogP contribution in [0.4, 0.5) is 0 Å². The van der Waals surface area contributed by atoms with Gasteiger partial charge in [0.15, 0.2) is 5.52 Å². The van der Waals surface area contributed by atoms with Crippen LogP contribution in [0.3, 0.4) is 0 Å². The second kappa shape index (κ2) is 11.1. The minimum Gasteiger partial charge on any atom is -0.493 e. The molecule has 2 heterocycles. The largest absolute Gasteiger partial charge is 0.493 e. The summed E-state index contributed by atoms with van der Waals surface area (Å²) in [6, 6.07) is 4.40. The number of ether oxygens (including phenoxy) is 1. The molecule has 3 rings (SSSR count). The van der Waals surface area contributed by atoms with Gasteiger partial charge in [-0.2, -0.15) is 9.40 Å². The fourth-order valence-corrected chi connectivity index (χ4v) is 5.29. The van der Waals surface area contributed by atoms with Crippen molar-refractivity contribution in [1.29, 1.82) is 0 Å². The van der Waals surface area contributed by atoms with Crippen LogP contribution in [0.5, 0.6) is 5.75 Å². The Balaban J connectivity index is 2.17. The van der Waals surface area contributed by atoms with Crippen molar-refractivity contribution in [1.82, 2.24) is 24.1 Å². The Morgan fingerprint density at radius 1 is 1.15 bits per heavy atom. The number of hydrogen-bond acceptors (Lipinski definition) is 8. The molecule has 12 heteroatoms. The summed E-state index contributed by atoms with van der Waals surface area (Å²) in [7, 11) is -2.28. The van der Waals surface area contributed by atoms with Crippen LogP contribution in [-0.4, -0.2) is 75.6 Å². The van der Waals surface area contributed by atoms with Crippen molar-refractivity contribution in [2.24, 2.45) is 7.05 Å². The smallest absolute Gasteiger partial charge is 0.277 e. The second-order valence-electron chi connectivity index (χ2n) is 7.68. The summed E-state index contributed by atoms with van der Waals surface area (Å²) in [5.74, 6) is 0.557. The van der Waals surface area contributed by atoms with Crippen molar-refractivity contribution in [3.05, 3.63) is 34.2 Å². The van der Waals surface area contributed by atoms with Crippen molar-refractivity contribution in [2.45, 2.75) is 38.0 Å². The molecule has 0 bridgehead atoms. The summed E-state index contributed by atoms with van der Waals surface area (Å²) < 4.78 is 35.2. The van der Waals surface area contributed by atoms with E-state index in [0.717, 1.165) is 0 Å². The molecule has 0 fully saturated rings. The average Bonchev–Trinajstić information content (AvgIpc) is 3.15. The number of hydrogen-bond donors (Lipinski definition) is 3. The standard InChI is InChI=1S/C22H31N5O6S/c1-4-17-19-20(26(3)25-17)22(30)24-21(23-19)16-14-15(8-9-18(16)33-5-2)34(31,32)27(10-6-12-28)11-7-13-29/h8-9,14,28-29H,4-7,10-13H2,1-3H3,(H,23,24,30). The van der Waals surface area contributed by atoms with Gasteiger partial charge in [-0.05, 0) is 44.4 Å². The molecule has 0 radical (unpaired) electrons. The van der Waals surface area contributed by atoms with Crippen molar-refractivity contribution >= 4 is 21.1 Å². The number of H-pyrrole nitrogens is 1. The van der Waals surface area contributed by atoms with Gasteiger partial charge in [-0.1, -0.05) is 6.92 Å². The van der Waals surface area contributed by atoms with E-state index in [2.05, 4.69) is 15.1 Å². The highest BCUT2D eigenvalue weighted by molar-refractivity contribution is 7.89. The van der Waals surface area contributed by atoms with Crippen molar-refractivity contribution < 1.29 is 23.4 Å². The zero-order valence-electron chi connectivity index (χ0n) is 19.6. The molecule has 0 aliphatic heterocycles. The van der Waals surface area contributed by atoms with Crippen LogP contribution in [0.1, 0.15) is 32.4 Å². The third-order valence-corrected chi connectivity index (χ3v) is 7.27. The molecule has 0 unspecified atom stereocenters. The highest BCUT2D eigenvalue weighted by Gasteiger charge is 2.26. The van der Waals surface area contributed by atoms with E-state index >= 15 is 0 Å². The Bertz CT molecular complexity index is 1290. The lowest BCUT2D eigenvalue weighted by molar-refractivity contribution is 0.250. The number of fused-ring (bicyclic) bond motifs is 1. The van der Waals surface area contributed by atoms with Crippen LogP contribution in [0, 0.1) is 0 Å². The number of aliphatic hydroxyl groups excluding tert-OH is 2. The quantitative estimate of drug-likeness (QED) is 0.339. The topological polar surface area (TPSA) is 151 Å². The average molecular weight is 494 g/mol. The molecular formula is C22H31N5O6S. The molecule has 0 atom stereocenters. The van der Waals surface area contributed by atoms with Gasteiger partial charge in [-0.3, -0.25) is 9.48 Å². The minimum atomic E-state index is -3.95. The Labute approximate surface area is 198 Å². The Hall–Kier alpha value is -2.80. The molecule has 3 N–H and O–H groups in total. The summed E-state index contributed by atoms with van der Waals surface area (Å²) >= 11 is 0. The lowest BCUT2D eigenvalue weighted by Crippen LogP contribution is -2.34. The van der Waals surface area contributed by atoms with E-state index in [0.29, 0.717) is 41.1 Å². The lowest BCUT2D eigenvalue weighted by atomic mass is 10.1. The van der Waals surface area contributed by atoms with Gasteiger partial charge in [0.25, 0.3) is 5.56 Å². The van der Waals surface area contributed by atoms with Gasteiger partial charge < -0.3 is 19.9 Å². The van der Waals surface area contributed by atoms with Crippen LogP contribution in [-0.2, 0) is 23.5 Å². The van der Waals surface area contributed by atoms with Crippen LogP contribution >= 0.6 is 0 Å². The summed E-state index contributed by atoms with van der Waals surface area (Å²) in [5, 5.41) is 22.7. The van der Waals surface area contributed by atoms with Gasteiger partial charge in [0.2, 0.25) is 10.0 Å². The first-order valence-corrected chi connectivity index (χ1v) is 12.7. The predicted molar refractivity (Wildman–Crippen MR) is 127 cm³/mol. The van der Waals surface area contributed by atoms with Gasteiger partial charge in [0.1, 0.15) is 17.1 Å². The van der Waals surface area contributed by atoms with Crippen molar-refractivity contribution in [3.63, 3.8) is 0 Å². The number of benzene rings is 1. The summed E-state index contributed by atoms with van der Waals surface area (Å²) in [5.41, 5.74) is 1.38. The molecule has 0 saturated carbocycles. The zero-order valence-corrected chi connectivity index (χ0v) is 20.4. The second-order valence-corrected chi connectivity index (χ2v) is 9.62. The number of sulfonamides is 1. The highest BCUT2D eigenvalue weighted by Crippen LogP contribution is 2.32. The molecule has 1 aromatic carbocycles. The fourth-order valence-electron chi connectivity index (χ4n) is 3.74. The molecule has 3 aromatic rings. The molecule has 2 aromatic heterocycles. The van der Waals surface area contributed by atoms with E-state index in [-0.39, 0.29) is 49.9 Å². The number of aromatic nitrogens is 4. The molecule has 0 aliphatic rings. The summed E-state index contributed by atoms with van der Waals surface area (Å²) in [6.07, 6.45) is 1.10. The Morgan fingerprint density at radius 2 is 1.82 bits per heavy atom. The fraction of sp³-hybridized carbons (Fsp3) is 0.500.